The van der Waals surface area contributed by atoms with Crippen molar-refractivity contribution in [2.75, 3.05) is 13.2 Å². The van der Waals surface area contributed by atoms with Crippen LogP contribution in [0.3, 0.4) is 0 Å². The van der Waals surface area contributed by atoms with Crippen LogP contribution in [-0.2, 0) is 11.3 Å². The number of fused-ring (bicyclic) bond motifs is 1. The molecular weight excluding hydrogens is 238 g/mol. The zero-order valence-corrected chi connectivity index (χ0v) is 11.0. The van der Waals surface area contributed by atoms with Crippen molar-refractivity contribution in [2.24, 2.45) is 5.73 Å². The molecule has 2 aromatic rings. The topological polar surface area (TPSA) is 44.5 Å². The van der Waals surface area contributed by atoms with E-state index in [1.54, 1.807) is 0 Å². The van der Waals surface area contributed by atoms with Crippen LogP contribution in [0.5, 0.6) is 5.75 Å². The first-order valence-electron chi connectivity index (χ1n) is 6.83. The van der Waals surface area contributed by atoms with E-state index in [1.165, 1.54) is 10.8 Å². The second kappa shape index (κ2) is 5.59. The predicted molar refractivity (Wildman–Crippen MR) is 76.3 cm³/mol. The van der Waals surface area contributed by atoms with Crippen molar-refractivity contribution in [1.82, 2.24) is 0 Å². The minimum atomic E-state index is 0.250. The Morgan fingerprint density at radius 1 is 1.11 bits per heavy atom. The largest absolute Gasteiger partial charge is 0.490 e. The van der Waals surface area contributed by atoms with Gasteiger partial charge in [-0.25, -0.2) is 0 Å². The SMILES string of the molecule is NCc1c(OC2CCOCC2)ccc2ccccc12. The third-order valence-electron chi connectivity index (χ3n) is 3.66. The van der Waals surface area contributed by atoms with Gasteiger partial charge in [0.05, 0.1) is 13.2 Å². The van der Waals surface area contributed by atoms with Gasteiger partial charge in [0.1, 0.15) is 11.9 Å². The summed E-state index contributed by atoms with van der Waals surface area (Å²) in [5.74, 6) is 0.924. The highest BCUT2D eigenvalue weighted by molar-refractivity contribution is 5.87. The summed E-state index contributed by atoms with van der Waals surface area (Å²) >= 11 is 0. The molecule has 2 N–H and O–H groups in total. The maximum Gasteiger partial charge on any atom is 0.124 e. The van der Waals surface area contributed by atoms with Crippen molar-refractivity contribution in [3.63, 3.8) is 0 Å². The van der Waals surface area contributed by atoms with Crippen molar-refractivity contribution < 1.29 is 9.47 Å². The van der Waals surface area contributed by atoms with Crippen molar-refractivity contribution in [2.45, 2.75) is 25.5 Å². The normalized spacial score (nSPS) is 16.7. The smallest absolute Gasteiger partial charge is 0.124 e. The van der Waals surface area contributed by atoms with Crippen LogP contribution in [0.4, 0.5) is 0 Å². The average Bonchev–Trinajstić information content (AvgIpc) is 2.48. The molecule has 0 spiro atoms. The van der Waals surface area contributed by atoms with Crippen LogP contribution in [0.25, 0.3) is 10.8 Å². The van der Waals surface area contributed by atoms with Crippen molar-refractivity contribution in [3.8, 4) is 5.75 Å². The molecule has 0 bridgehead atoms. The quantitative estimate of drug-likeness (QED) is 0.919. The molecule has 0 saturated carbocycles. The van der Waals surface area contributed by atoms with Crippen LogP contribution >= 0.6 is 0 Å². The molecule has 100 valence electrons. The molecule has 3 heteroatoms. The van der Waals surface area contributed by atoms with Crippen LogP contribution in [0.15, 0.2) is 36.4 Å². The molecule has 0 aliphatic carbocycles. The molecule has 3 rings (SSSR count). The first-order chi connectivity index (χ1) is 9.38. The van der Waals surface area contributed by atoms with Crippen LogP contribution in [0.2, 0.25) is 0 Å². The Labute approximate surface area is 113 Å². The highest BCUT2D eigenvalue weighted by atomic mass is 16.5. The Bertz CT molecular complexity index is 562. The van der Waals surface area contributed by atoms with Crippen LogP contribution in [0.1, 0.15) is 18.4 Å². The van der Waals surface area contributed by atoms with E-state index in [1.807, 2.05) is 18.2 Å². The zero-order valence-electron chi connectivity index (χ0n) is 11.0. The molecule has 0 atom stereocenters. The second-order valence-electron chi connectivity index (χ2n) is 4.90. The Morgan fingerprint density at radius 2 is 1.89 bits per heavy atom. The number of ether oxygens (including phenoxy) is 2. The van der Waals surface area contributed by atoms with E-state index in [9.17, 15) is 0 Å². The highest BCUT2D eigenvalue weighted by Crippen LogP contribution is 2.29. The van der Waals surface area contributed by atoms with E-state index >= 15 is 0 Å². The van der Waals surface area contributed by atoms with E-state index < -0.39 is 0 Å². The first-order valence-corrected chi connectivity index (χ1v) is 6.83. The molecule has 2 aromatic carbocycles. The number of benzene rings is 2. The van der Waals surface area contributed by atoms with Crippen molar-refractivity contribution in [3.05, 3.63) is 42.0 Å². The monoisotopic (exact) mass is 257 g/mol. The molecule has 1 fully saturated rings. The molecule has 1 saturated heterocycles. The molecule has 3 nitrogen and oxygen atoms in total. The van der Waals surface area contributed by atoms with Gasteiger partial charge in [-0.15, -0.1) is 0 Å². The van der Waals surface area contributed by atoms with Crippen LogP contribution in [-0.4, -0.2) is 19.3 Å². The van der Waals surface area contributed by atoms with Gasteiger partial charge >= 0.3 is 0 Å². The number of nitrogens with two attached hydrogens (primary N) is 1. The van der Waals surface area contributed by atoms with Crippen molar-refractivity contribution >= 4 is 10.8 Å². The fourth-order valence-electron chi connectivity index (χ4n) is 2.61. The summed E-state index contributed by atoms with van der Waals surface area (Å²) in [5.41, 5.74) is 7.02. The summed E-state index contributed by atoms with van der Waals surface area (Å²) in [6, 6.07) is 12.4. The Hall–Kier alpha value is -1.58. The Balaban J connectivity index is 1.93. The third-order valence-corrected chi connectivity index (χ3v) is 3.66. The lowest BCUT2D eigenvalue weighted by atomic mass is 10.0. The van der Waals surface area contributed by atoms with Gasteiger partial charge in [0.2, 0.25) is 0 Å². The molecule has 0 unspecified atom stereocenters. The highest BCUT2D eigenvalue weighted by Gasteiger charge is 2.17. The molecular formula is C16H19NO2. The number of hydrogen-bond acceptors (Lipinski definition) is 3. The van der Waals surface area contributed by atoms with E-state index in [0.29, 0.717) is 6.54 Å². The van der Waals surface area contributed by atoms with Gasteiger partial charge in [-0.2, -0.15) is 0 Å². The summed E-state index contributed by atoms with van der Waals surface area (Å²) < 4.78 is 11.5. The van der Waals surface area contributed by atoms with Crippen LogP contribution in [0, 0.1) is 0 Å². The summed E-state index contributed by atoms with van der Waals surface area (Å²) in [6.45, 7) is 2.08. The molecule has 0 aromatic heterocycles. The van der Waals surface area contributed by atoms with Crippen molar-refractivity contribution in [1.29, 1.82) is 0 Å². The Morgan fingerprint density at radius 3 is 2.68 bits per heavy atom. The molecule has 19 heavy (non-hydrogen) atoms. The van der Waals surface area contributed by atoms with Gasteiger partial charge in [-0.05, 0) is 16.8 Å². The first kappa shape index (κ1) is 12.5. The van der Waals surface area contributed by atoms with Gasteiger partial charge in [-0.3, -0.25) is 0 Å². The lowest BCUT2D eigenvalue weighted by molar-refractivity contribution is 0.0253. The molecule has 1 heterocycles. The van der Waals surface area contributed by atoms with E-state index in [4.69, 9.17) is 15.2 Å². The maximum atomic E-state index is 6.13. The van der Waals surface area contributed by atoms with Gasteiger partial charge in [0, 0.05) is 24.9 Å². The molecule has 1 aliphatic rings. The lowest BCUT2D eigenvalue weighted by Gasteiger charge is -2.25. The summed E-state index contributed by atoms with van der Waals surface area (Å²) in [5, 5.41) is 2.40. The zero-order chi connectivity index (χ0) is 13.1. The van der Waals surface area contributed by atoms with Gasteiger partial charge in [0.15, 0.2) is 0 Å². The Kier molecular flexibility index (Phi) is 3.67. The number of hydrogen-bond donors (Lipinski definition) is 1. The maximum absolute atomic E-state index is 6.13. The molecule has 0 radical (unpaired) electrons. The van der Waals surface area contributed by atoms with E-state index in [-0.39, 0.29) is 6.10 Å². The van der Waals surface area contributed by atoms with Gasteiger partial charge in [-0.1, -0.05) is 30.3 Å². The van der Waals surface area contributed by atoms with Gasteiger partial charge in [0.25, 0.3) is 0 Å². The van der Waals surface area contributed by atoms with E-state index in [0.717, 1.165) is 37.4 Å². The van der Waals surface area contributed by atoms with Gasteiger partial charge < -0.3 is 15.2 Å². The third kappa shape index (κ3) is 2.57. The molecule has 0 amide bonds. The fraction of sp³-hybridized carbons (Fsp3) is 0.375. The summed E-state index contributed by atoms with van der Waals surface area (Å²) in [7, 11) is 0. The fourth-order valence-corrected chi connectivity index (χ4v) is 2.61. The average molecular weight is 257 g/mol. The number of rotatable bonds is 3. The summed E-state index contributed by atoms with van der Waals surface area (Å²) in [4.78, 5) is 0. The van der Waals surface area contributed by atoms with E-state index in [2.05, 4.69) is 18.2 Å². The standard InChI is InChI=1S/C16H19NO2/c17-11-15-14-4-2-1-3-12(14)5-6-16(15)19-13-7-9-18-10-8-13/h1-6,13H,7-11,17H2. The predicted octanol–water partition coefficient (Wildman–Crippen LogP) is 2.86. The van der Waals surface area contributed by atoms with Crippen LogP contribution < -0.4 is 10.5 Å². The lowest BCUT2D eigenvalue weighted by Crippen LogP contribution is -2.26. The minimum absolute atomic E-state index is 0.250. The minimum Gasteiger partial charge on any atom is -0.490 e. The molecule has 1 aliphatic heterocycles. The summed E-state index contributed by atoms with van der Waals surface area (Å²) in [6.07, 6.45) is 2.16. The second-order valence-corrected chi connectivity index (χ2v) is 4.90.